The van der Waals surface area contributed by atoms with Crippen molar-refractivity contribution >= 4 is 23.1 Å². The van der Waals surface area contributed by atoms with Crippen LogP contribution in [-0.2, 0) is 0 Å². The van der Waals surface area contributed by atoms with Gasteiger partial charge in [-0.05, 0) is 61.0 Å². The van der Waals surface area contributed by atoms with Gasteiger partial charge in [-0.15, -0.1) is 0 Å². The molecule has 29 heavy (non-hydrogen) atoms. The Morgan fingerprint density at radius 1 is 0.828 bits per heavy atom. The van der Waals surface area contributed by atoms with E-state index >= 15 is 0 Å². The molecule has 2 heterocycles. The number of nitrogens with one attached hydrogen (secondary N) is 2. The highest BCUT2D eigenvalue weighted by Crippen LogP contribution is 2.25. The molecule has 5 nitrogen and oxygen atoms in total. The summed E-state index contributed by atoms with van der Waals surface area (Å²) in [5, 5.41) is 6.14. The maximum absolute atomic E-state index is 12.6. The van der Waals surface area contributed by atoms with E-state index in [0.717, 1.165) is 22.5 Å². The van der Waals surface area contributed by atoms with Gasteiger partial charge < -0.3 is 10.6 Å². The van der Waals surface area contributed by atoms with Crippen LogP contribution < -0.4 is 10.6 Å². The average molecular weight is 380 g/mol. The van der Waals surface area contributed by atoms with E-state index in [-0.39, 0.29) is 5.91 Å². The van der Waals surface area contributed by atoms with Crippen molar-refractivity contribution in [2.75, 3.05) is 10.6 Å². The van der Waals surface area contributed by atoms with Crippen molar-refractivity contribution in [1.29, 1.82) is 0 Å². The summed E-state index contributed by atoms with van der Waals surface area (Å²) in [7, 11) is 0. The van der Waals surface area contributed by atoms with Gasteiger partial charge in [-0.2, -0.15) is 0 Å². The monoisotopic (exact) mass is 380 g/mol. The molecule has 1 amide bonds. The maximum Gasteiger partial charge on any atom is 0.257 e. The molecule has 0 unspecified atom stereocenters. The first-order valence-corrected chi connectivity index (χ1v) is 9.30. The van der Waals surface area contributed by atoms with Crippen LogP contribution in [0.25, 0.3) is 11.3 Å². The van der Waals surface area contributed by atoms with Crippen LogP contribution in [-0.4, -0.2) is 15.9 Å². The molecule has 0 saturated carbocycles. The van der Waals surface area contributed by atoms with Crippen molar-refractivity contribution in [3.05, 3.63) is 102 Å². The van der Waals surface area contributed by atoms with Crippen LogP contribution in [0, 0.1) is 6.92 Å². The number of amides is 1. The predicted molar refractivity (Wildman–Crippen MR) is 116 cm³/mol. The summed E-state index contributed by atoms with van der Waals surface area (Å²) in [5.41, 5.74) is 5.11. The smallest absolute Gasteiger partial charge is 0.257 e. The van der Waals surface area contributed by atoms with Gasteiger partial charge in [0.15, 0.2) is 0 Å². The van der Waals surface area contributed by atoms with Crippen molar-refractivity contribution < 1.29 is 4.79 Å². The van der Waals surface area contributed by atoms with Gasteiger partial charge in [0.25, 0.3) is 5.91 Å². The Kier molecular flexibility index (Phi) is 5.29. The van der Waals surface area contributed by atoms with Crippen LogP contribution in [0.4, 0.5) is 17.2 Å². The van der Waals surface area contributed by atoms with E-state index in [1.165, 1.54) is 0 Å². The molecule has 0 aliphatic heterocycles. The molecule has 5 heteroatoms. The van der Waals surface area contributed by atoms with Crippen LogP contribution in [0.3, 0.4) is 0 Å². The highest BCUT2D eigenvalue weighted by Gasteiger charge is 2.10. The van der Waals surface area contributed by atoms with Crippen molar-refractivity contribution in [2.45, 2.75) is 6.92 Å². The Labute approximate surface area is 169 Å². The molecule has 2 N–H and O–H groups in total. The summed E-state index contributed by atoms with van der Waals surface area (Å²) >= 11 is 0. The SMILES string of the molecule is Cc1ccc(NC(=O)c2ccc(Nc3ccccc3)nc2)cc1-c1ccccn1. The summed E-state index contributed by atoms with van der Waals surface area (Å²) in [5.74, 6) is 0.472. The number of pyridine rings is 2. The van der Waals surface area contributed by atoms with Gasteiger partial charge in [0, 0.05) is 29.3 Å². The summed E-state index contributed by atoms with van der Waals surface area (Å²) in [4.78, 5) is 21.4. The fourth-order valence-corrected chi connectivity index (χ4v) is 2.97. The molecule has 142 valence electrons. The van der Waals surface area contributed by atoms with Gasteiger partial charge in [0.1, 0.15) is 5.82 Å². The molecule has 0 spiro atoms. The van der Waals surface area contributed by atoms with Crippen molar-refractivity contribution in [2.24, 2.45) is 0 Å². The minimum absolute atomic E-state index is 0.209. The molecule has 2 aromatic carbocycles. The normalized spacial score (nSPS) is 10.4. The van der Waals surface area contributed by atoms with Crippen LogP contribution >= 0.6 is 0 Å². The van der Waals surface area contributed by atoms with Gasteiger partial charge in [-0.25, -0.2) is 4.98 Å². The van der Waals surface area contributed by atoms with E-state index in [9.17, 15) is 4.79 Å². The molecule has 0 fully saturated rings. The van der Waals surface area contributed by atoms with Crippen LogP contribution in [0.5, 0.6) is 0 Å². The third-order valence-corrected chi connectivity index (χ3v) is 4.51. The second-order valence-electron chi connectivity index (χ2n) is 6.62. The molecular formula is C24H20N4O. The number of benzene rings is 2. The van der Waals surface area contributed by atoms with E-state index in [4.69, 9.17) is 0 Å². The Hall–Kier alpha value is -3.99. The molecule has 0 saturated heterocycles. The largest absolute Gasteiger partial charge is 0.340 e. The van der Waals surface area contributed by atoms with E-state index in [1.807, 2.05) is 73.7 Å². The fourth-order valence-electron chi connectivity index (χ4n) is 2.97. The third-order valence-electron chi connectivity index (χ3n) is 4.51. The Morgan fingerprint density at radius 3 is 2.38 bits per heavy atom. The summed E-state index contributed by atoms with van der Waals surface area (Å²) in [6.07, 6.45) is 3.32. The topological polar surface area (TPSA) is 66.9 Å². The van der Waals surface area contributed by atoms with E-state index in [2.05, 4.69) is 20.6 Å². The Bertz CT molecular complexity index is 1110. The summed E-state index contributed by atoms with van der Waals surface area (Å²) < 4.78 is 0. The number of hydrogen-bond donors (Lipinski definition) is 2. The zero-order valence-corrected chi connectivity index (χ0v) is 16.0. The lowest BCUT2D eigenvalue weighted by Gasteiger charge is -2.10. The molecule has 2 aromatic heterocycles. The lowest BCUT2D eigenvalue weighted by molar-refractivity contribution is 0.102. The first-order chi connectivity index (χ1) is 14.2. The predicted octanol–water partition coefficient (Wildman–Crippen LogP) is 5.45. The van der Waals surface area contributed by atoms with Crippen molar-refractivity contribution in [3.8, 4) is 11.3 Å². The summed E-state index contributed by atoms with van der Waals surface area (Å²) in [6.45, 7) is 2.03. The van der Waals surface area contributed by atoms with Gasteiger partial charge in [0.05, 0.1) is 11.3 Å². The second kappa shape index (κ2) is 8.35. The van der Waals surface area contributed by atoms with E-state index in [0.29, 0.717) is 17.1 Å². The number of rotatable bonds is 5. The summed E-state index contributed by atoms with van der Waals surface area (Å²) in [6, 6.07) is 24.9. The molecule has 0 aliphatic rings. The Balaban J connectivity index is 1.48. The highest BCUT2D eigenvalue weighted by atomic mass is 16.1. The number of carbonyl (C=O) groups is 1. The fraction of sp³-hybridized carbons (Fsp3) is 0.0417. The number of aryl methyl sites for hydroxylation is 1. The number of carbonyl (C=O) groups excluding carboxylic acids is 1. The maximum atomic E-state index is 12.6. The molecule has 0 atom stereocenters. The first kappa shape index (κ1) is 18.4. The minimum Gasteiger partial charge on any atom is -0.340 e. The standard InChI is InChI=1S/C24H20N4O/c1-17-10-12-20(15-21(17)22-9-5-6-14-25-22)28-24(29)18-11-13-23(26-16-18)27-19-7-3-2-4-8-19/h2-16H,1H3,(H,26,27)(H,28,29). The molecule has 4 rings (SSSR count). The van der Waals surface area contributed by atoms with Crippen LogP contribution in [0.1, 0.15) is 15.9 Å². The number of para-hydroxylation sites is 1. The third kappa shape index (κ3) is 4.47. The molecule has 0 aliphatic carbocycles. The number of nitrogens with zero attached hydrogens (tertiary/aromatic N) is 2. The first-order valence-electron chi connectivity index (χ1n) is 9.30. The van der Waals surface area contributed by atoms with Gasteiger partial charge >= 0.3 is 0 Å². The van der Waals surface area contributed by atoms with Gasteiger partial charge in [-0.3, -0.25) is 9.78 Å². The molecule has 0 radical (unpaired) electrons. The zero-order valence-electron chi connectivity index (χ0n) is 16.0. The van der Waals surface area contributed by atoms with Crippen molar-refractivity contribution in [3.63, 3.8) is 0 Å². The zero-order chi connectivity index (χ0) is 20.1. The van der Waals surface area contributed by atoms with E-state index in [1.54, 1.807) is 24.5 Å². The van der Waals surface area contributed by atoms with E-state index < -0.39 is 0 Å². The minimum atomic E-state index is -0.209. The average Bonchev–Trinajstić information content (AvgIpc) is 2.77. The highest BCUT2D eigenvalue weighted by molar-refractivity contribution is 6.04. The van der Waals surface area contributed by atoms with Crippen molar-refractivity contribution in [1.82, 2.24) is 9.97 Å². The lowest BCUT2D eigenvalue weighted by atomic mass is 10.0. The Morgan fingerprint density at radius 2 is 1.66 bits per heavy atom. The quantitative estimate of drug-likeness (QED) is 0.483. The molecular weight excluding hydrogens is 360 g/mol. The number of anilines is 3. The molecule has 4 aromatic rings. The van der Waals surface area contributed by atoms with Crippen LogP contribution in [0.2, 0.25) is 0 Å². The lowest BCUT2D eigenvalue weighted by Crippen LogP contribution is -2.12. The molecule has 0 bridgehead atoms. The van der Waals surface area contributed by atoms with Crippen LogP contribution in [0.15, 0.2) is 91.3 Å². The second-order valence-corrected chi connectivity index (χ2v) is 6.62. The number of aromatic nitrogens is 2. The van der Waals surface area contributed by atoms with Gasteiger partial charge in [0.2, 0.25) is 0 Å². The van der Waals surface area contributed by atoms with Gasteiger partial charge in [-0.1, -0.05) is 30.3 Å². The number of hydrogen-bond acceptors (Lipinski definition) is 4.